The lowest BCUT2D eigenvalue weighted by Gasteiger charge is -2.18. The van der Waals surface area contributed by atoms with E-state index in [-0.39, 0.29) is 18.6 Å². The Morgan fingerprint density at radius 1 is 1.36 bits per heavy atom. The summed E-state index contributed by atoms with van der Waals surface area (Å²) < 4.78 is 5.30. The van der Waals surface area contributed by atoms with Crippen LogP contribution in [0.15, 0.2) is 34.9 Å². The normalized spacial score (nSPS) is 12.4. The van der Waals surface area contributed by atoms with Crippen molar-refractivity contribution in [3.8, 4) is 11.5 Å². The molecule has 2 aromatic rings. The molecule has 2 heterocycles. The van der Waals surface area contributed by atoms with Gasteiger partial charge in [0.25, 0.3) is 5.91 Å². The van der Waals surface area contributed by atoms with E-state index in [1.165, 1.54) is 0 Å². The Labute approximate surface area is 130 Å². The second-order valence-corrected chi connectivity index (χ2v) is 5.79. The average molecular weight is 302 g/mol. The molecule has 5 nitrogen and oxygen atoms in total. The summed E-state index contributed by atoms with van der Waals surface area (Å²) in [5.41, 5.74) is 1.84. The SMILES string of the molecule is Cc1nc(-c2ccco2)ccc1C(=O)NC(CO)CC(C)C. The van der Waals surface area contributed by atoms with E-state index in [0.29, 0.717) is 28.6 Å². The van der Waals surface area contributed by atoms with Crippen molar-refractivity contribution in [1.29, 1.82) is 0 Å². The number of furan rings is 1. The molecule has 1 unspecified atom stereocenters. The van der Waals surface area contributed by atoms with Crippen LogP contribution >= 0.6 is 0 Å². The molecule has 0 aliphatic heterocycles. The number of carbonyl (C=O) groups excluding carboxylic acids is 1. The van der Waals surface area contributed by atoms with Gasteiger partial charge in [0, 0.05) is 0 Å². The fraction of sp³-hybridized carbons (Fsp3) is 0.412. The molecule has 0 saturated heterocycles. The zero-order valence-corrected chi connectivity index (χ0v) is 13.2. The first-order valence-electron chi connectivity index (χ1n) is 7.44. The first-order chi connectivity index (χ1) is 10.5. The van der Waals surface area contributed by atoms with Crippen LogP contribution in [0.25, 0.3) is 11.5 Å². The molecule has 0 fully saturated rings. The van der Waals surface area contributed by atoms with Gasteiger partial charge in [0.2, 0.25) is 0 Å². The third kappa shape index (κ3) is 3.95. The lowest BCUT2D eigenvalue weighted by Crippen LogP contribution is -2.38. The van der Waals surface area contributed by atoms with E-state index < -0.39 is 0 Å². The predicted octanol–water partition coefficient (Wildman–Crippen LogP) is 2.79. The highest BCUT2D eigenvalue weighted by atomic mass is 16.3. The van der Waals surface area contributed by atoms with Gasteiger partial charge in [-0.05, 0) is 43.5 Å². The third-order valence-electron chi connectivity index (χ3n) is 3.42. The summed E-state index contributed by atoms with van der Waals surface area (Å²) in [5.74, 6) is 0.858. The summed E-state index contributed by atoms with van der Waals surface area (Å²) >= 11 is 0. The standard InChI is InChI=1S/C17H22N2O3/c1-11(2)9-13(10-20)19-17(21)14-6-7-15(18-12(14)3)16-5-4-8-22-16/h4-8,11,13,20H,9-10H2,1-3H3,(H,19,21). The maximum absolute atomic E-state index is 12.3. The van der Waals surface area contributed by atoms with Crippen LogP contribution in [0, 0.1) is 12.8 Å². The number of nitrogens with one attached hydrogen (secondary N) is 1. The predicted molar refractivity (Wildman–Crippen MR) is 84.5 cm³/mol. The molecule has 0 aliphatic carbocycles. The number of aromatic nitrogens is 1. The number of amides is 1. The first kappa shape index (κ1) is 16.2. The van der Waals surface area contributed by atoms with E-state index in [0.717, 1.165) is 6.42 Å². The quantitative estimate of drug-likeness (QED) is 0.860. The molecule has 1 amide bonds. The van der Waals surface area contributed by atoms with Crippen molar-refractivity contribution in [2.45, 2.75) is 33.2 Å². The lowest BCUT2D eigenvalue weighted by molar-refractivity contribution is 0.0907. The van der Waals surface area contributed by atoms with E-state index in [9.17, 15) is 9.90 Å². The van der Waals surface area contributed by atoms with Crippen LogP contribution in [0.5, 0.6) is 0 Å². The van der Waals surface area contributed by atoms with Crippen LogP contribution in [-0.2, 0) is 0 Å². The molecule has 0 saturated carbocycles. The summed E-state index contributed by atoms with van der Waals surface area (Å²) in [6.45, 7) is 5.83. The van der Waals surface area contributed by atoms with Crippen molar-refractivity contribution < 1.29 is 14.3 Å². The van der Waals surface area contributed by atoms with Gasteiger partial charge in [-0.3, -0.25) is 4.79 Å². The Morgan fingerprint density at radius 2 is 2.14 bits per heavy atom. The smallest absolute Gasteiger partial charge is 0.253 e. The second kappa shape index (κ2) is 7.22. The fourth-order valence-electron chi connectivity index (χ4n) is 2.37. The van der Waals surface area contributed by atoms with Gasteiger partial charge in [-0.2, -0.15) is 0 Å². The van der Waals surface area contributed by atoms with Crippen LogP contribution in [-0.4, -0.2) is 28.6 Å². The van der Waals surface area contributed by atoms with E-state index >= 15 is 0 Å². The minimum absolute atomic E-state index is 0.0686. The van der Waals surface area contributed by atoms with Crippen molar-refractivity contribution >= 4 is 5.91 Å². The highest BCUT2D eigenvalue weighted by Crippen LogP contribution is 2.19. The van der Waals surface area contributed by atoms with E-state index in [2.05, 4.69) is 24.1 Å². The zero-order chi connectivity index (χ0) is 16.1. The highest BCUT2D eigenvalue weighted by Gasteiger charge is 2.17. The van der Waals surface area contributed by atoms with Gasteiger partial charge in [-0.25, -0.2) is 4.98 Å². The lowest BCUT2D eigenvalue weighted by atomic mass is 10.0. The largest absolute Gasteiger partial charge is 0.463 e. The van der Waals surface area contributed by atoms with Crippen molar-refractivity contribution in [2.24, 2.45) is 5.92 Å². The number of aryl methyl sites for hydroxylation is 1. The van der Waals surface area contributed by atoms with Gasteiger partial charge >= 0.3 is 0 Å². The van der Waals surface area contributed by atoms with Gasteiger partial charge in [0.1, 0.15) is 5.69 Å². The molecule has 0 aromatic carbocycles. The Hall–Kier alpha value is -2.14. The zero-order valence-electron chi connectivity index (χ0n) is 13.2. The summed E-state index contributed by atoms with van der Waals surface area (Å²) in [6, 6.07) is 6.88. The molecule has 1 atom stereocenters. The molecule has 2 rings (SSSR count). The maximum atomic E-state index is 12.3. The van der Waals surface area contributed by atoms with Crippen LogP contribution in [0.4, 0.5) is 0 Å². The number of hydrogen-bond acceptors (Lipinski definition) is 4. The van der Waals surface area contributed by atoms with Crippen molar-refractivity contribution in [2.75, 3.05) is 6.61 Å². The van der Waals surface area contributed by atoms with Gasteiger partial charge in [-0.15, -0.1) is 0 Å². The second-order valence-electron chi connectivity index (χ2n) is 5.79. The van der Waals surface area contributed by atoms with Gasteiger partial charge in [0.15, 0.2) is 5.76 Å². The monoisotopic (exact) mass is 302 g/mol. The topological polar surface area (TPSA) is 75.4 Å². The number of hydrogen-bond donors (Lipinski definition) is 2. The molecule has 2 aromatic heterocycles. The van der Waals surface area contributed by atoms with Crippen LogP contribution in [0.1, 0.15) is 36.3 Å². The Balaban J connectivity index is 2.13. The molecule has 5 heteroatoms. The number of aliphatic hydroxyl groups is 1. The number of pyridine rings is 1. The van der Waals surface area contributed by atoms with Gasteiger partial charge in [-0.1, -0.05) is 13.8 Å². The third-order valence-corrected chi connectivity index (χ3v) is 3.42. The Morgan fingerprint density at radius 3 is 2.68 bits per heavy atom. The molecule has 0 bridgehead atoms. The van der Waals surface area contributed by atoms with Crippen molar-refractivity contribution in [3.63, 3.8) is 0 Å². The van der Waals surface area contributed by atoms with Gasteiger partial charge < -0.3 is 14.8 Å². The molecule has 22 heavy (non-hydrogen) atoms. The molecule has 0 aliphatic rings. The molecule has 2 N–H and O–H groups in total. The number of rotatable bonds is 6. The van der Waals surface area contributed by atoms with Crippen molar-refractivity contribution in [1.82, 2.24) is 10.3 Å². The molecular weight excluding hydrogens is 280 g/mol. The van der Waals surface area contributed by atoms with E-state index in [1.54, 1.807) is 31.4 Å². The minimum Gasteiger partial charge on any atom is -0.463 e. The molecule has 118 valence electrons. The molecular formula is C17H22N2O3. The summed E-state index contributed by atoms with van der Waals surface area (Å²) in [5, 5.41) is 12.2. The van der Waals surface area contributed by atoms with Crippen LogP contribution in [0.2, 0.25) is 0 Å². The summed E-state index contributed by atoms with van der Waals surface area (Å²) in [6.07, 6.45) is 2.32. The maximum Gasteiger partial charge on any atom is 0.253 e. The summed E-state index contributed by atoms with van der Waals surface area (Å²) in [4.78, 5) is 16.7. The minimum atomic E-state index is -0.239. The van der Waals surface area contributed by atoms with Gasteiger partial charge in [0.05, 0.1) is 30.2 Å². The van der Waals surface area contributed by atoms with Crippen LogP contribution < -0.4 is 5.32 Å². The Kier molecular flexibility index (Phi) is 5.33. The average Bonchev–Trinajstić information content (AvgIpc) is 2.99. The molecule has 0 spiro atoms. The van der Waals surface area contributed by atoms with Crippen LogP contribution in [0.3, 0.4) is 0 Å². The summed E-state index contributed by atoms with van der Waals surface area (Å²) in [7, 11) is 0. The highest BCUT2D eigenvalue weighted by molar-refractivity contribution is 5.95. The number of aliphatic hydroxyl groups excluding tert-OH is 1. The van der Waals surface area contributed by atoms with Crippen molar-refractivity contribution in [3.05, 3.63) is 41.8 Å². The first-order valence-corrected chi connectivity index (χ1v) is 7.44. The number of nitrogens with zero attached hydrogens (tertiary/aromatic N) is 1. The Bertz CT molecular complexity index is 621. The van der Waals surface area contributed by atoms with E-state index in [4.69, 9.17) is 4.42 Å². The number of carbonyl (C=O) groups is 1. The molecule has 0 radical (unpaired) electrons. The fourth-order valence-corrected chi connectivity index (χ4v) is 2.37. The van der Waals surface area contributed by atoms with E-state index in [1.807, 2.05) is 6.07 Å².